The fraction of sp³-hybridized carbons (Fsp3) is 0.357. The molecule has 0 bridgehead atoms. The van der Waals surface area contributed by atoms with Gasteiger partial charge in [0.1, 0.15) is 5.75 Å². The summed E-state index contributed by atoms with van der Waals surface area (Å²) >= 11 is 5.15. The number of nitrogens with zero attached hydrogens (tertiary/aromatic N) is 4. The highest BCUT2D eigenvalue weighted by Gasteiger charge is 2.20. The van der Waals surface area contributed by atoms with Gasteiger partial charge < -0.3 is 15.0 Å². The molecule has 0 saturated carbocycles. The molecule has 0 spiro atoms. The third-order valence-corrected chi connectivity index (χ3v) is 7.92. The van der Waals surface area contributed by atoms with E-state index < -0.39 is 0 Å². The second-order valence-corrected chi connectivity index (χ2v) is 10.9. The normalized spacial score (nSPS) is 14.3. The van der Waals surface area contributed by atoms with Gasteiger partial charge in [-0.15, -0.1) is 11.3 Å². The van der Waals surface area contributed by atoms with Crippen molar-refractivity contribution in [2.45, 2.75) is 19.8 Å². The van der Waals surface area contributed by atoms with Crippen LogP contribution in [0.15, 0.2) is 64.7 Å². The van der Waals surface area contributed by atoms with Gasteiger partial charge in [0.05, 0.1) is 18.0 Å². The number of anilines is 1. The largest absolute Gasteiger partial charge is 0.492 e. The molecule has 37 heavy (non-hydrogen) atoms. The second kappa shape index (κ2) is 12.1. The molecule has 1 saturated heterocycles. The first-order chi connectivity index (χ1) is 18.1. The average Bonchev–Trinajstić information content (AvgIpc) is 3.52. The van der Waals surface area contributed by atoms with E-state index in [4.69, 9.17) is 4.74 Å². The summed E-state index contributed by atoms with van der Waals surface area (Å²) in [6.07, 6.45) is 6.05. The molecule has 0 atom stereocenters. The number of halogens is 1. The first kappa shape index (κ1) is 25.8. The van der Waals surface area contributed by atoms with Crippen LogP contribution in [0.25, 0.3) is 16.2 Å². The van der Waals surface area contributed by atoms with Gasteiger partial charge in [0.15, 0.2) is 4.96 Å². The Balaban J connectivity index is 1.01. The molecule has 0 radical (unpaired) electrons. The van der Waals surface area contributed by atoms with Crippen LogP contribution in [-0.2, 0) is 0 Å². The van der Waals surface area contributed by atoms with Crippen molar-refractivity contribution in [3.63, 3.8) is 0 Å². The Morgan fingerprint density at radius 3 is 2.68 bits per heavy atom. The van der Waals surface area contributed by atoms with Crippen molar-refractivity contribution in [2.75, 3.05) is 50.8 Å². The topological polar surface area (TPSA) is 62.1 Å². The number of ether oxygens (including phenoxy) is 1. The molecule has 3 heterocycles. The molecular weight excluding hydrogens is 550 g/mol. The van der Waals surface area contributed by atoms with Gasteiger partial charge in [-0.1, -0.05) is 28.1 Å². The zero-order chi connectivity index (χ0) is 25.6. The number of imidazole rings is 1. The number of unbranched alkanes of at least 4 members (excludes halogenated alkanes) is 1. The van der Waals surface area contributed by atoms with Crippen LogP contribution >= 0.6 is 27.3 Å². The molecule has 1 N–H and O–H groups in total. The third kappa shape index (κ3) is 6.34. The summed E-state index contributed by atoms with van der Waals surface area (Å²) in [5, 5.41) is 5.08. The molecule has 1 aliphatic rings. The monoisotopic (exact) mass is 581 g/mol. The van der Waals surface area contributed by atoms with E-state index in [1.807, 2.05) is 53.4 Å². The summed E-state index contributed by atoms with van der Waals surface area (Å²) < 4.78 is 8.91. The lowest BCUT2D eigenvalue weighted by molar-refractivity contribution is 0.0952. The van der Waals surface area contributed by atoms with Gasteiger partial charge in [0.25, 0.3) is 5.91 Å². The SMILES string of the molecule is CCOc1cc(Br)ccc1N1CCN(CCCCNC(=O)c2ccc(-c3cn4ccsc4n3)cc2)CC1. The van der Waals surface area contributed by atoms with E-state index in [0.717, 1.165) is 72.0 Å². The van der Waals surface area contributed by atoms with E-state index in [-0.39, 0.29) is 5.91 Å². The van der Waals surface area contributed by atoms with Crippen LogP contribution in [0.3, 0.4) is 0 Å². The number of aromatic nitrogens is 2. The van der Waals surface area contributed by atoms with Crippen molar-refractivity contribution in [2.24, 2.45) is 0 Å². The summed E-state index contributed by atoms with van der Waals surface area (Å²) in [5.74, 6) is 0.919. The maximum absolute atomic E-state index is 12.6. The molecule has 0 aliphatic carbocycles. The van der Waals surface area contributed by atoms with Crippen molar-refractivity contribution >= 4 is 43.8 Å². The van der Waals surface area contributed by atoms with E-state index in [2.05, 4.69) is 54.2 Å². The highest BCUT2D eigenvalue weighted by atomic mass is 79.9. The fourth-order valence-electron chi connectivity index (χ4n) is 4.66. The summed E-state index contributed by atoms with van der Waals surface area (Å²) in [4.78, 5) is 23.1. The molecule has 2 aromatic heterocycles. The zero-order valence-electron chi connectivity index (χ0n) is 21.0. The maximum Gasteiger partial charge on any atom is 0.251 e. The molecular formula is C28H32BrN5O2S. The van der Waals surface area contributed by atoms with Gasteiger partial charge in [-0.3, -0.25) is 14.1 Å². The number of carbonyl (C=O) groups excluding carboxylic acids is 1. The van der Waals surface area contributed by atoms with Crippen LogP contribution in [0.5, 0.6) is 5.75 Å². The van der Waals surface area contributed by atoms with Gasteiger partial charge in [0, 0.05) is 66.1 Å². The minimum atomic E-state index is -0.0226. The first-order valence-electron chi connectivity index (χ1n) is 12.8. The predicted molar refractivity (Wildman–Crippen MR) is 154 cm³/mol. The van der Waals surface area contributed by atoms with Gasteiger partial charge in [-0.05, 0) is 56.6 Å². The lowest BCUT2D eigenvalue weighted by atomic mass is 10.1. The highest BCUT2D eigenvalue weighted by molar-refractivity contribution is 9.10. The van der Waals surface area contributed by atoms with Gasteiger partial charge in [-0.2, -0.15) is 0 Å². The molecule has 2 aromatic carbocycles. The number of hydrogen-bond donors (Lipinski definition) is 1. The van der Waals surface area contributed by atoms with E-state index in [1.54, 1.807) is 11.3 Å². The van der Waals surface area contributed by atoms with Gasteiger partial charge in [0.2, 0.25) is 0 Å². The number of hydrogen-bond acceptors (Lipinski definition) is 6. The molecule has 1 fully saturated rings. The Bertz CT molecular complexity index is 1300. The minimum absolute atomic E-state index is 0.0226. The molecule has 5 rings (SSSR count). The van der Waals surface area contributed by atoms with E-state index in [9.17, 15) is 4.79 Å². The van der Waals surface area contributed by atoms with Crippen LogP contribution in [0.2, 0.25) is 0 Å². The van der Waals surface area contributed by atoms with Crippen LogP contribution in [-0.4, -0.2) is 66.1 Å². The number of fused-ring (bicyclic) bond motifs is 1. The maximum atomic E-state index is 12.6. The van der Waals surface area contributed by atoms with Gasteiger partial charge in [-0.25, -0.2) is 4.98 Å². The van der Waals surface area contributed by atoms with Crippen molar-refractivity contribution in [3.05, 3.63) is 70.3 Å². The molecule has 7 nitrogen and oxygen atoms in total. The number of benzene rings is 2. The fourth-order valence-corrected chi connectivity index (χ4v) is 5.70. The van der Waals surface area contributed by atoms with Gasteiger partial charge >= 0.3 is 0 Å². The van der Waals surface area contributed by atoms with Crippen molar-refractivity contribution < 1.29 is 9.53 Å². The summed E-state index contributed by atoms with van der Waals surface area (Å²) in [5.41, 5.74) is 3.79. The number of thiazole rings is 1. The Labute approximate surface area is 230 Å². The van der Waals surface area contributed by atoms with Crippen molar-refractivity contribution in [1.82, 2.24) is 19.6 Å². The Kier molecular flexibility index (Phi) is 8.43. The average molecular weight is 583 g/mol. The van der Waals surface area contributed by atoms with E-state index >= 15 is 0 Å². The summed E-state index contributed by atoms with van der Waals surface area (Å²) in [6, 6.07) is 13.9. The Morgan fingerprint density at radius 1 is 1.11 bits per heavy atom. The molecule has 1 aliphatic heterocycles. The number of carbonyl (C=O) groups is 1. The number of nitrogens with one attached hydrogen (secondary N) is 1. The zero-order valence-corrected chi connectivity index (χ0v) is 23.4. The predicted octanol–water partition coefficient (Wildman–Crippen LogP) is 5.56. The van der Waals surface area contributed by atoms with E-state index in [0.29, 0.717) is 18.7 Å². The quantitative estimate of drug-likeness (QED) is 0.248. The lowest BCUT2D eigenvalue weighted by Crippen LogP contribution is -2.46. The molecule has 194 valence electrons. The Hall–Kier alpha value is -2.88. The molecule has 1 amide bonds. The van der Waals surface area contributed by atoms with Crippen molar-refractivity contribution in [1.29, 1.82) is 0 Å². The van der Waals surface area contributed by atoms with Crippen LogP contribution < -0.4 is 15.0 Å². The second-order valence-electron chi connectivity index (χ2n) is 9.13. The van der Waals surface area contributed by atoms with Crippen LogP contribution in [0, 0.1) is 0 Å². The summed E-state index contributed by atoms with van der Waals surface area (Å²) in [6.45, 7) is 8.48. The molecule has 9 heteroatoms. The minimum Gasteiger partial charge on any atom is -0.492 e. The standard InChI is InChI=1S/C28H32BrN5O2S/c1-2-36-26-19-23(29)9-10-25(26)33-15-13-32(14-16-33)12-4-3-11-30-27(35)22-7-5-21(6-8-22)24-20-34-17-18-37-28(34)31-24/h5-10,17-20H,2-4,11-16H2,1H3,(H,30,35). The Morgan fingerprint density at radius 2 is 1.92 bits per heavy atom. The van der Waals surface area contributed by atoms with Crippen LogP contribution in [0.1, 0.15) is 30.1 Å². The molecule has 4 aromatic rings. The highest BCUT2D eigenvalue weighted by Crippen LogP contribution is 2.32. The smallest absolute Gasteiger partial charge is 0.251 e. The number of amides is 1. The number of rotatable bonds is 10. The van der Waals surface area contributed by atoms with Crippen LogP contribution in [0.4, 0.5) is 5.69 Å². The first-order valence-corrected chi connectivity index (χ1v) is 14.5. The lowest BCUT2D eigenvalue weighted by Gasteiger charge is -2.36. The summed E-state index contributed by atoms with van der Waals surface area (Å²) in [7, 11) is 0. The van der Waals surface area contributed by atoms with E-state index in [1.165, 1.54) is 5.69 Å². The third-order valence-electron chi connectivity index (χ3n) is 6.66. The molecule has 0 unspecified atom stereocenters. The van der Waals surface area contributed by atoms with Crippen molar-refractivity contribution in [3.8, 4) is 17.0 Å². The number of piperazine rings is 1.